The molecule has 2 bridgehead atoms. The average molecular weight is 270 g/mol. The summed E-state index contributed by atoms with van der Waals surface area (Å²) in [6, 6.07) is 7.80. The highest BCUT2D eigenvalue weighted by Gasteiger charge is 2.67. The van der Waals surface area contributed by atoms with Gasteiger partial charge in [-0.15, -0.1) is 0 Å². The molecule has 2 heteroatoms. The number of fused-ring (bicyclic) bond motifs is 5. The van der Waals surface area contributed by atoms with Crippen LogP contribution in [0.2, 0.25) is 0 Å². The molecule has 4 atom stereocenters. The number of ether oxygens (including phenoxy) is 1. The number of carbonyl (C=O) groups is 1. The van der Waals surface area contributed by atoms with Crippen LogP contribution >= 0.6 is 0 Å². The Bertz CT molecular complexity index is 520. The second kappa shape index (κ2) is 4.61. The predicted octanol–water partition coefficient (Wildman–Crippen LogP) is 3.95. The van der Waals surface area contributed by atoms with Crippen LogP contribution in [0.4, 0.5) is 0 Å². The van der Waals surface area contributed by atoms with Gasteiger partial charge in [0.2, 0.25) is 0 Å². The zero-order valence-corrected chi connectivity index (χ0v) is 12.0. The summed E-state index contributed by atoms with van der Waals surface area (Å²) in [6.45, 7) is 2.78. The molecule has 0 heterocycles. The average Bonchev–Trinajstić information content (AvgIpc) is 2.92. The molecule has 3 fully saturated rings. The Morgan fingerprint density at radius 1 is 1.20 bits per heavy atom. The largest absolute Gasteiger partial charge is 0.493 e. The summed E-state index contributed by atoms with van der Waals surface area (Å²) in [4.78, 5) is 12.8. The van der Waals surface area contributed by atoms with Gasteiger partial charge >= 0.3 is 0 Å². The topological polar surface area (TPSA) is 26.3 Å². The van der Waals surface area contributed by atoms with Gasteiger partial charge in [0.25, 0.3) is 0 Å². The van der Waals surface area contributed by atoms with Crippen LogP contribution in [-0.4, -0.2) is 12.4 Å². The highest BCUT2D eigenvalue weighted by molar-refractivity contribution is 6.02. The van der Waals surface area contributed by atoms with E-state index in [0.29, 0.717) is 30.1 Å². The summed E-state index contributed by atoms with van der Waals surface area (Å²) >= 11 is 0. The lowest BCUT2D eigenvalue weighted by atomic mass is 9.96. The molecule has 0 spiro atoms. The fourth-order valence-electron chi connectivity index (χ4n) is 4.86. The van der Waals surface area contributed by atoms with Gasteiger partial charge in [0.15, 0.2) is 5.78 Å². The maximum absolute atomic E-state index is 12.8. The first-order valence-corrected chi connectivity index (χ1v) is 8.07. The van der Waals surface area contributed by atoms with E-state index in [0.717, 1.165) is 29.6 Å². The maximum Gasteiger partial charge on any atom is 0.170 e. The first-order chi connectivity index (χ1) is 9.81. The molecule has 3 aliphatic carbocycles. The van der Waals surface area contributed by atoms with E-state index in [4.69, 9.17) is 4.74 Å². The second-order valence-electron chi connectivity index (χ2n) is 6.72. The number of para-hydroxylation sites is 1. The van der Waals surface area contributed by atoms with Gasteiger partial charge in [0.1, 0.15) is 5.75 Å². The Kier molecular flexibility index (Phi) is 2.87. The van der Waals surface area contributed by atoms with Crippen molar-refractivity contribution in [1.82, 2.24) is 0 Å². The number of rotatable bonds is 5. The third-order valence-corrected chi connectivity index (χ3v) is 5.65. The van der Waals surface area contributed by atoms with Gasteiger partial charge in [-0.2, -0.15) is 0 Å². The van der Waals surface area contributed by atoms with E-state index in [2.05, 4.69) is 6.92 Å². The van der Waals surface area contributed by atoms with Crippen LogP contribution in [0.15, 0.2) is 24.3 Å². The smallest absolute Gasteiger partial charge is 0.170 e. The number of hydrogen-bond donors (Lipinski definition) is 0. The SMILES string of the molecule is CCCOc1ccccc1C(=O)C1C2C3CCC(C3)C12. The van der Waals surface area contributed by atoms with Crippen molar-refractivity contribution >= 4 is 5.78 Å². The molecule has 0 N–H and O–H groups in total. The van der Waals surface area contributed by atoms with Crippen LogP contribution in [-0.2, 0) is 0 Å². The molecular formula is C18H22O2. The number of Topliss-reactive ketones (excluding diaryl/α,β-unsaturated/α-hetero) is 1. The number of ketones is 1. The van der Waals surface area contributed by atoms with E-state index in [-0.39, 0.29) is 0 Å². The molecule has 20 heavy (non-hydrogen) atoms. The monoisotopic (exact) mass is 270 g/mol. The molecule has 0 aliphatic heterocycles. The zero-order chi connectivity index (χ0) is 13.7. The molecule has 3 aliphatic rings. The quantitative estimate of drug-likeness (QED) is 0.757. The molecule has 0 aromatic heterocycles. The first kappa shape index (κ1) is 12.4. The normalized spacial score (nSPS) is 36.8. The van der Waals surface area contributed by atoms with Gasteiger partial charge < -0.3 is 4.74 Å². The van der Waals surface area contributed by atoms with Crippen molar-refractivity contribution in [2.75, 3.05) is 6.61 Å². The van der Waals surface area contributed by atoms with Gasteiger partial charge in [0, 0.05) is 5.92 Å². The van der Waals surface area contributed by atoms with Gasteiger partial charge in [-0.05, 0) is 61.5 Å². The van der Waals surface area contributed by atoms with Gasteiger partial charge in [0.05, 0.1) is 12.2 Å². The molecule has 4 rings (SSSR count). The Labute approximate surface area is 120 Å². The third kappa shape index (κ3) is 1.73. The lowest BCUT2D eigenvalue weighted by Crippen LogP contribution is -2.12. The Hall–Kier alpha value is -1.31. The summed E-state index contributed by atoms with van der Waals surface area (Å²) in [7, 11) is 0. The molecule has 2 nitrogen and oxygen atoms in total. The first-order valence-electron chi connectivity index (χ1n) is 8.07. The molecule has 0 saturated heterocycles. The maximum atomic E-state index is 12.8. The van der Waals surface area contributed by atoms with Crippen molar-refractivity contribution < 1.29 is 9.53 Å². The summed E-state index contributed by atoms with van der Waals surface area (Å²) in [6.07, 6.45) is 5.10. The van der Waals surface area contributed by atoms with Gasteiger partial charge in [-0.3, -0.25) is 4.79 Å². The summed E-state index contributed by atoms with van der Waals surface area (Å²) < 4.78 is 5.76. The number of carbonyl (C=O) groups excluding carboxylic acids is 1. The summed E-state index contributed by atoms with van der Waals surface area (Å²) in [5.74, 6) is 4.57. The van der Waals surface area contributed by atoms with E-state index >= 15 is 0 Å². The highest BCUT2D eigenvalue weighted by atomic mass is 16.5. The second-order valence-corrected chi connectivity index (χ2v) is 6.72. The van der Waals surface area contributed by atoms with Crippen molar-refractivity contribution in [1.29, 1.82) is 0 Å². The third-order valence-electron chi connectivity index (χ3n) is 5.65. The Morgan fingerprint density at radius 2 is 1.90 bits per heavy atom. The molecule has 1 aromatic rings. The van der Waals surface area contributed by atoms with Crippen LogP contribution in [0.25, 0.3) is 0 Å². The molecule has 3 saturated carbocycles. The van der Waals surface area contributed by atoms with Crippen molar-refractivity contribution in [2.45, 2.75) is 32.6 Å². The molecular weight excluding hydrogens is 248 g/mol. The van der Waals surface area contributed by atoms with Gasteiger partial charge in [-0.1, -0.05) is 19.1 Å². The minimum absolute atomic E-state index is 0.313. The van der Waals surface area contributed by atoms with Crippen molar-refractivity contribution in [3.63, 3.8) is 0 Å². The van der Waals surface area contributed by atoms with Crippen molar-refractivity contribution in [3.8, 4) is 5.75 Å². The lowest BCUT2D eigenvalue weighted by molar-refractivity contribution is 0.0940. The van der Waals surface area contributed by atoms with Gasteiger partial charge in [-0.25, -0.2) is 0 Å². The van der Waals surface area contributed by atoms with Crippen LogP contribution in [0, 0.1) is 29.6 Å². The molecule has 0 radical (unpaired) electrons. The van der Waals surface area contributed by atoms with E-state index in [1.807, 2.05) is 24.3 Å². The molecule has 4 unspecified atom stereocenters. The fourth-order valence-corrected chi connectivity index (χ4v) is 4.86. The standard InChI is InChI=1S/C18H22O2/c1-2-9-20-14-6-4-3-5-13(14)18(19)17-15-11-7-8-12(10-11)16(15)17/h3-6,11-12,15-17H,2,7-10H2,1H3. The highest BCUT2D eigenvalue weighted by Crippen LogP contribution is 2.70. The molecule has 0 amide bonds. The minimum Gasteiger partial charge on any atom is -0.493 e. The van der Waals surface area contributed by atoms with Crippen molar-refractivity contribution in [2.24, 2.45) is 29.6 Å². The molecule has 1 aromatic carbocycles. The lowest BCUT2D eigenvalue weighted by Gasteiger charge is -2.12. The summed E-state index contributed by atoms with van der Waals surface area (Å²) in [5.41, 5.74) is 0.819. The molecule has 106 valence electrons. The van der Waals surface area contributed by atoms with E-state index in [9.17, 15) is 4.79 Å². The van der Waals surface area contributed by atoms with Crippen LogP contribution < -0.4 is 4.74 Å². The minimum atomic E-state index is 0.313. The number of benzene rings is 1. The van der Waals surface area contributed by atoms with E-state index in [1.165, 1.54) is 19.3 Å². The predicted molar refractivity (Wildman–Crippen MR) is 77.9 cm³/mol. The van der Waals surface area contributed by atoms with Crippen molar-refractivity contribution in [3.05, 3.63) is 29.8 Å². The fraction of sp³-hybridized carbons (Fsp3) is 0.611. The van der Waals surface area contributed by atoms with Crippen LogP contribution in [0.1, 0.15) is 43.0 Å². The number of hydrogen-bond acceptors (Lipinski definition) is 2. The Balaban J connectivity index is 1.55. The summed E-state index contributed by atoms with van der Waals surface area (Å²) in [5, 5.41) is 0. The van der Waals surface area contributed by atoms with E-state index < -0.39 is 0 Å². The zero-order valence-electron chi connectivity index (χ0n) is 12.0. The van der Waals surface area contributed by atoms with Crippen LogP contribution in [0.3, 0.4) is 0 Å². The van der Waals surface area contributed by atoms with Crippen LogP contribution in [0.5, 0.6) is 5.75 Å². The van der Waals surface area contributed by atoms with E-state index in [1.54, 1.807) is 0 Å². The Morgan fingerprint density at radius 3 is 2.60 bits per heavy atom.